The van der Waals surface area contributed by atoms with Gasteiger partial charge in [-0.05, 0) is 48.9 Å². The van der Waals surface area contributed by atoms with Gasteiger partial charge in [-0.2, -0.15) is 4.31 Å². The van der Waals surface area contributed by atoms with E-state index in [0.29, 0.717) is 25.1 Å². The predicted octanol–water partition coefficient (Wildman–Crippen LogP) is 2.45. The van der Waals surface area contributed by atoms with Crippen molar-refractivity contribution >= 4 is 15.9 Å². The highest BCUT2D eigenvalue weighted by molar-refractivity contribution is 7.89. The molecule has 2 rings (SSSR count). The van der Waals surface area contributed by atoms with Crippen molar-refractivity contribution < 1.29 is 23.1 Å². The van der Waals surface area contributed by atoms with E-state index in [-0.39, 0.29) is 17.3 Å². The van der Waals surface area contributed by atoms with E-state index in [1.54, 1.807) is 27.9 Å². The molecule has 0 bridgehead atoms. The first-order valence-corrected chi connectivity index (χ1v) is 11.3. The van der Waals surface area contributed by atoms with E-state index in [0.717, 1.165) is 11.3 Å². The molecule has 0 spiro atoms. The molecule has 0 saturated carbocycles. The van der Waals surface area contributed by atoms with E-state index in [1.165, 1.54) is 28.6 Å². The van der Waals surface area contributed by atoms with Crippen LogP contribution in [0.4, 0.5) is 0 Å². The van der Waals surface area contributed by atoms with Crippen LogP contribution in [0.3, 0.4) is 0 Å². The van der Waals surface area contributed by atoms with Gasteiger partial charge in [0.2, 0.25) is 10.0 Å². The number of sulfonamides is 1. The van der Waals surface area contributed by atoms with Crippen molar-refractivity contribution in [3.8, 4) is 5.75 Å². The minimum atomic E-state index is -3.57. The van der Waals surface area contributed by atoms with E-state index >= 15 is 0 Å². The summed E-state index contributed by atoms with van der Waals surface area (Å²) in [5.41, 5.74) is 0.103. The molecule has 0 aliphatic heterocycles. The third-order valence-electron chi connectivity index (χ3n) is 4.83. The molecule has 0 aromatic heterocycles. The zero-order valence-electron chi connectivity index (χ0n) is 17.9. The molecule has 8 heteroatoms. The van der Waals surface area contributed by atoms with Crippen LogP contribution >= 0.6 is 0 Å². The fraction of sp³-hybridized carbons (Fsp3) is 0.409. The summed E-state index contributed by atoms with van der Waals surface area (Å²) in [5.74, 6) is 0.356. The van der Waals surface area contributed by atoms with Crippen LogP contribution in [0, 0.1) is 0 Å². The molecule has 2 N–H and O–H groups in total. The summed E-state index contributed by atoms with van der Waals surface area (Å²) < 4.78 is 31.5. The maximum absolute atomic E-state index is 12.5. The summed E-state index contributed by atoms with van der Waals surface area (Å²) in [6.45, 7) is 6.02. The van der Waals surface area contributed by atoms with Gasteiger partial charge >= 0.3 is 0 Å². The smallest absolute Gasteiger partial charge is 0.251 e. The molecule has 1 unspecified atom stereocenters. The number of hydrogen-bond donors (Lipinski definition) is 2. The van der Waals surface area contributed by atoms with Gasteiger partial charge in [0.1, 0.15) is 5.75 Å². The molecule has 0 saturated heterocycles. The fourth-order valence-electron chi connectivity index (χ4n) is 3.11. The summed E-state index contributed by atoms with van der Waals surface area (Å²) >= 11 is 0. The van der Waals surface area contributed by atoms with Crippen molar-refractivity contribution in [3.05, 3.63) is 59.7 Å². The number of amides is 1. The Bertz CT molecular complexity index is 934. The lowest BCUT2D eigenvalue weighted by Gasteiger charge is -2.24. The zero-order chi connectivity index (χ0) is 22.4. The van der Waals surface area contributed by atoms with Gasteiger partial charge in [0.05, 0.1) is 17.6 Å². The van der Waals surface area contributed by atoms with Crippen molar-refractivity contribution in [2.45, 2.75) is 37.7 Å². The molecular weight excluding hydrogens is 404 g/mol. The number of benzene rings is 2. The molecule has 0 radical (unpaired) electrons. The first kappa shape index (κ1) is 23.9. The van der Waals surface area contributed by atoms with Crippen LogP contribution in [0.25, 0.3) is 0 Å². The molecule has 0 heterocycles. The summed E-state index contributed by atoms with van der Waals surface area (Å²) in [4.78, 5) is 12.6. The second kappa shape index (κ2) is 10.1. The van der Waals surface area contributed by atoms with Gasteiger partial charge in [-0.15, -0.1) is 0 Å². The zero-order valence-corrected chi connectivity index (χ0v) is 18.7. The first-order chi connectivity index (χ1) is 14.1. The average Bonchev–Trinajstić information content (AvgIpc) is 2.73. The van der Waals surface area contributed by atoms with Crippen molar-refractivity contribution in [2.24, 2.45) is 0 Å². The molecule has 30 heavy (non-hydrogen) atoms. The Morgan fingerprint density at radius 1 is 1.07 bits per heavy atom. The number of carbonyl (C=O) groups excluding carboxylic acids is 1. The van der Waals surface area contributed by atoms with Crippen LogP contribution in [0.2, 0.25) is 0 Å². The van der Waals surface area contributed by atoms with Crippen LogP contribution in [-0.4, -0.2) is 56.1 Å². The maximum atomic E-state index is 12.5. The predicted molar refractivity (Wildman–Crippen MR) is 116 cm³/mol. The van der Waals surface area contributed by atoms with Crippen LogP contribution in [0.15, 0.2) is 53.4 Å². The molecule has 164 valence electrons. The number of nitrogens with one attached hydrogen (secondary N) is 1. The summed E-state index contributed by atoms with van der Waals surface area (Å²) in [7, 11) is -1.98. The van der Waals surface area contributed by atoms with Crippen molar-refractivity contribution in [3.63, 3.8) is 0 Å². The van der Waals surface area contributed by atoms with E-state index in [2.05, 4.69) is 5.32 Å². The molecule has 0 aliphatic rings. The van der Waals surface area contributed by atoms with Crippen molar-refractivity contribution in [1.29, 1.82) is 0 Å². The number of ether oxygens (including phenoxy) is 1. The number of aliphatic hydroxyl groups is 1. The van der Waals surface area contributed by atoms with Crippen molar-refractivity contribution in [1.82, 2.24) is 9.62 Å². The molecule has 0 fully saturated rings. The minimum Gasteiger partial charge on any atom is -0.497 e. The summed E-state index contributed by atoms with van der Waals surface area (Å²) in [6, 6.07) is 13.2. The maximum Gasteiger partial charge on any atom is 0.251 e. The van der Waals surface area contributed by atoms with E-state index in [9.17, 15) is 18.3 Å². The topological polar surface area (TPSA) is 95.9 Å². The second-order valence-corrected chi connectivity index (χ2v) is 9.26. The number of nitrogens with zero attached hydrogens (tertiary/aromatic N) is 1. The molecule has 1 atom stereocenters. The standard InChI is InChI=1S/C22H30N2O5S/c1-5-24(6-2)30(27,28)20-13-9-18(10-14-20)21(25)23-16-22(3,26)15-17-7-11-19(29-4)12-8-17/h7-14,26H,5-6,15-16H2,1-4H3,(H,23,25). The van der Waals surface area contributed by atoms with Gasteiger partial charge in [-0.25, -0.2) is 8.42 Å². The van der Waals surface area contributed by atoms with Gasteiger partial charge in [-0.1, -0.05) is 26.0 Å². The number of methoxy groups -OCH3 is 1. The summed E-state index contributed by atoms with van der Waals surface area (Å²) in [6.07, 6.45) is 0.359. The van der Waals surface area contributed by atoms with Gasteiger partial charge in [0.15, 0.2) is 0 Å². The highest BCUT2D eigenvalue weighted by Crippen LogP contribution is 2.18. The lowest BCUT2D eigenvalue weighted by atomic mass is 9.96. The van der Waals surface area contributed by atoms with Gasteiger partial charge in [0, 0.05) is 31.6 Å². The molecule has 1 amide bonds. The monoisotopic (exact) mass is 434 g/mol. The third kappa shape index (κ3) is 6.04. The second-order valence-electron chi connectivity index (χ2n) is 7.32. The molecule has 2 aromatic rings. The van der Waals surface area contributed by atoms with E-state index < -0.39 is 15.6 Å². The van der Waals surface area contributed by atoms with E-state index in [4.69, 9.17) is 4.74 Å². The number of carbonyl (C=O) groups is 1. The molecule has 2 aromatic carbocycles. The lowest BCUT2D eigenvalue weighted by molar-refractivity contribution is 0.0552. The van der Waals surface area contributed by atoms with E-state index in [1.807, 2.05) is 24.3 Å². The van der Waals surface area contributed by atoms with Crippen LogP contribution in [0.5, 0.6) is 5.75 Å². The summed E-state index contributed by atoms with van der Waals surface area (Å²) in [5, 5.41) is 13.3. The van der Waals surface area contributed by atoms with Gasteiger partial charge < -0.3 is 15.2 Å². The number of rotatable bonds is 10. The van der Waals surface area contributed by atoms with Crippen LogP contribution in [0.1, 0.15) is 36.7 Å². The number of hydrogen-bond acceptors (Lipinski definition) is 5. The van der Waals surface area contributed by atoms with Gasteiger partial charge in [0.25, 0.3) is 5.91 Å². The quantitative estimate of drug-likeness (QED) is 0.599. The SMILES string of the molecule is CCN(CC)S(=O)(=O)c1ccc(C(=O)NCC(C)(O)Cc2ccc(OC)cc2)cc1. The largest absolute Gasteiger partial charge is 0.497 e. The normalized spacial score (nSPS) is 13.7. The molecule has 7 nitrogen and oxygen atoms in total. The Morgan fingerprint density at radius 2 is 1.63 bits per heavy atom. The highest BCUT2D eigenvalue weighted by atomic mass is 32.2. The Morgan fingerprint density at radius 3 is 2.13 bits per heavy atom. The van der Waals surface area contributed by atoms with Crippen LogP contribution < -0.4 is 10.1 Å². The fourth-order valence-corrected chi connectivity index (χ4v) is 4.57. The Balaban J connectivity index is 2.00. The minimum absolute atomic E-state index is 0.0529. The lowest BCUT2D eigenvalue weighted by Crippen LogP contribution is -2.42. The Hall–Kier alpha value is -2.42. The molecule has 0 aliphatic carbocycles. The first-order valence-electron chi connectivity index (χ1n) is 9.86. The highest BCUT2D eigenvalue weighted by Gasteiger charge is 2.24. The molecular formula is C22H30N2O5S. The Labute approximate surface area is 178 Å². The Kier molecular flexibility index (Phi) is 8.00. The third-order valence-corrected chi connectivity index (χ3v) is 6.90. The van der Waals surface area contributed by atoms with Crippen molar-refractivity contribution in [2.75, 3.05) is 26.7 Å². The average molecular weight is 435 g/mol. The van der Waals surface area contributed by atoms with Crippen LogP contribution in [-0.2, 0) is 16.4 Å². The van der Waals surface area contributed by atoms with Gasteiger partial charge in [-0.3, -0.25) is 4.79 Å².